The zero-order valence-corrected chi connectivity index (χ0v) is 17.6. The molecule has 0 spiro atoms. The molecular formula is C19H31Cl2N5. The molecule has 0 aliphatic carbocycles. The van der Waals surface area contributed by atoms with E-state index in [1.165, 1.54) is 0 Å². The van der Waals surface area contributed by atoms with Crippen molar-refractivity contribution in [2.45, 2.75) is 25.8 Å². The highest BCUT2D eigenvalue weighted by molar-refractivity contribution is 6.35. The molecule has 0 aromatic heterocycles. The van der Waals surface area contributed by atoms with Gasteiger partial charge in [-0.15, -0.1) is 0 Å². The maximum atomic E-state index is 6.23. The van der Waals surface area contributed by atoms with Crippen molar-refractivity contribution >= 4 is 29.2 Å². The van der Waals surface area contributed by atoms with Gasteiger partial charge in [0.1, 0.15) is 0 Å². The molecule has 0 saturated carbocycles. The van der Waals surface area contributed by atoms with Crippen LogP contribution in [0.3, 0.4) is 0 Å². The topological polar surface area (TPSA) is 42.9 Å². The summed E-state index contributed by atoms with van der Waals surface area (Å²) in [5, 5.41) is 8.17. The molecular weight excluding hydrogens is 369 g/mol. The van der Waals surface area contributed by atoms with E-state index in [4.69, 9.17) is 28.2 Å². The van der Waals surface area contributed by atoms with Gasteiger partial charge in [-0.25, -0.2) is 0 Å². The molecule has 1 atom stereocenters. The third kappa shape index (κ3) is 6.95. The number of likely N-dealkylation sites (N-methyl/N-ethyl adjacent to an activating group) is 2. The molecule has 1 unspecified atom stereocenters. The number of nitrogens with zero attached hydrogens (tertiary/aromatic N) is 3. The van der Waals surface area contributed by atoms with Gasteiger partial charge in [-0.2, -0.15) is 0 Å². The SMILES string of the molecule is CCNC(=NCC1CN(C)CCN1C)NCCCc1ccc(Cl)cc1Cl. The molecule has 2 rings (SSSR count). The maximum absolute atomic E-state index is 6.23. The molecule has 1 aromatic carbocycles. The van der Waals surface area contributed by atoms with Crippen LogP contribution in [0.15, 0.2) is 23.2 Å². The van der Waals surface area contributed by atoms with E-state index < -0.39 is 0 Å². The van der Waals surface area contributed by atoms with Crippen LogP contribution in [0.5, 0.6) is 0 Å². The fourth-order valence-corrected chi connectivity index (χ4v) is 3.55. The highest BCUT2D eigenvalue weighted by Gasteiger charge is 2.21. The standard InChI is InChI=1S/C19H31Cl2N5/c1-4-22-19(24-13-17-14-25(2)10-11-26(17)3)23-9-5-6-15-7-8-16(20)12-18(15)21/h7-8,12,17H,4-6,9-11,13-14H2,1-3H3,(H2,22,23,24). The smallest absolute Gasteiger partial charge is 0.191 e. The highest BCUT2D eigenvalue weighted by atomic mass is 35.5. The molecule has 1 aliphatic heterocycles. The number of aliphatic imine (C=N–C) groups is 1. The van der Waals surface area contributed by atoms with Crippen molar-refractivity contribution in [3.05, 3.63) is 33.8 Å². The van der Waals surface area contributed by atoms with Crippen molar-refractivity contribution in [1.82, 2.24) is 20.4 Å². The van der Waals surface area contributed by atoms with Crippen molar-refractivity contribution < 1.29 is 0 Å². The van der Waals surface area contributed by atoms with Crippen LogP contribution in [0.1, 0.15) is 18.9 Å². The predicted octanol–water partition coefficient (Wildman–Crippen LogP) is 2.73. The van der Waals surface area contributed by atoms with E-state index in [1.54, 1.807) is 6.07 Å². The van der Waals surface area contributed by atoms with Gasteiger partial charge in [-0.1, -0.05) is 29.3 Å². The van der Waals surface area contributed by atoms with Crippen molar-refractivity contribution in [2.75, 3.05) is 53.4 Å². The first-order chi connectivity index (χ1) is 12.5. The van der Waals surface area contributed by atoms with Crippen molar-refractivity contribution in [3.63, 3.8) is 0 Å². The first kappa shape index (κ1) is 21.3. The first-order valence-electron chi connectivity index (χ1n) is 9.34. The summed E-state index contributed by atoms with van der Waals surface area (Å²) in [4.78, 5) is 9.55. The minimum Gasteiger partial charge on any atom is -0.357 e. The number of hydrogen-bond donors (Lipinski definition) is 2. The quantitative estimate of drug-likeness (QED) is 0.420. The van der Waals surface area contributed by atoms with Gasteiger partial charge in [0, 0.05) is 48.8 Å². The van der Waals surface area contributed by atoms with Gasteiger partial charge in [0.25, 0.3) is 0 Å². The Morgan fingerprint density at radius 1 is 1.23 bits per heavy atom. The van der Waals surface area contributed by atoms with E-state index in [-0.39, 0.29) is 0 Å². The highest BCUT2D eigenvalue weighted by Crippen LogP contribution is 2.21. The average molecular weight is 400 g/mol. The van der Waals surface area contributed by atoms with E-state index in [1.807, 2.05) is 12.1 Å². The molecule has 1 fully saturated rings. The lowest BCUT2D eigenvalue weighted by Crippen LogP contribution is -2.51. The van der Waals surface area contributed by atoms with Crippen LogP contribution in [0.4, 0.5) is 0 Å². The number of halogens is 2. The van der Waals surface area contributed by atoms with E-state index in [2.05, 4.69) is 41.5 Å². The number of nitrogens with one attached hydrogen (secondary N) is 2. The van der Waals surface area contributed by atoms with Crippen LogP contribution in [-0.2, 0) is 6.42 Å². The van der Waals surface area contributed by atoms with Gasteiger partial charge in [0.2, 0.25) is 0 Å². The molecule has 1 aromatic rings. The Kier molecular flexibility index (Phi) is 8.99. The van der Waals surface area contributed by atoms with E-state index in [9.17, 15) is 0 Å². The Bertz CT molecular complexity index is 593. The van der Waals surface area contributed by atoms with E-state index >= 15 is 0 Å². The fraction of sp³-hybridized carbons (Fsp3) is 0.632. The molecule has 1 heterocycles. The molecule has 5 nitrogen and oxygen atoms in total. The normalized spacial score (nSPS) is 19.6. The number of piperazine rings is 1. The lowest BCUT2D eigenvalue weighted by Gasteiger charge is -2.36. The Morgan fingerprint density at radius 2 is 2.04 bits per heavy atom. The summed E-state index contributed by atoms with van der Waals surface area (Å²) < 4.78 is 0. The van der Waals surface area contributed by atoms with Crippen LogP contribution in [0.2, 0.25) is 10.0 Å². The lowest BCUT2D eigenvalue weighted by molar-refractivity contribution is 0.119. The Balaban J connectivity index is 1.79. The minimum atomic E-state index is 0.470. The number of guanidine groups is 1. The largest absolute Gasteiger partial charge is 0.357 e. The molecule has 0 bridgehead atoms. The molecule has 2 N–H and O–H groups in total. The van der Waals surface area contributed by atoms with Gasteiger partial charge in [0.05, 0.1) is 6.54 Å². The average Bonchev–Trinajstić information content (AvgIpc) is 2.60. The summed E-state index contributed by atoms with van der Waals surface area (Å²) in [6.07, 6.45) is 1.90. The Labute approximate surface area is 167 Å². The zero-order valence-electron chi connectivity index (χ0n) is 16.1. The summed E-state index contributed by atoms with van der Waals surface area (Å²) in [5.41, 5.74) is 1.13. The van der Waals surface area contributed by atoms with Crippen LogP contribution in [0, 0.1) is 0 Å². The Morgan fingerprint density at radius 3 is 2.77 bits per heavy atom. The van der Waals surface area contributed by atoms with Crippen molar-refractivity contribution in [1.29, 1.82) is 0 Å². The second kappa shape index (κ2) is 11.0. The number of rotatable bonds is 7. The fourth-order valence-electron chi connectivity index (χ4n) is 3.05. The van der Waals surface area contributed by atoms with Gasteiger partial charge < -0.3 is 15.5 Å². The molecule has 1 aliphatic rings. The number of hydrogen-bond acceptors (Lipinski definition) is 3. The monoisotopic (exact) mass is 399 g/mol. The number of aryl methyl sites for hydroxylation is 1. The van der Waals surface area contributed by atoms with Gasteiger partial charge in [0.15, 0.2) is 5.96 Å². The molecule has 1 saturated heterocycles. The van der Waals surface area contributed by atoms with Gasteiger partial charge >= 0.3 is 0 Å². The van der Waals surface area contributed by atoms with Crippen molar-refractivity contribution in [2.24, 2.45) is 4.99 Å². The summed E-state index contributed by atoms with van der Waals surface area (Å²) in [5.74, 6) is 0.885. The lowest BCUT2D eigenvalue weighted by atomic mass is 10.1. The summed E-state index contributed by atoms with van der Waals surface area (Å²) in [7, 11) is 4.36. The third-order valence-corrected chi connectivity index (χ3v) is 5.30. The second-order valence-electron chi connectivity index (χ2n) is 6.88. The van der Waals surface area contributed by atoms with Crippen LogP contribution >= 0.6 is 23.2 Å². The van der Waals surface area contributed by atoms with Crippen LogP contribution in [0.25, 0.3) is 0 Å². The van der Waals surface area contributed by atoms with Crippen LogP contribution in [-0.4, -0.2) is 75.2 Å². The summed E-state index contributed by atoms with van der Waals surface area (Å²) >= 11 is 12.2. The van der Waals surface area contributed by atoms with Gasteiger partial charge in [-0.05, 0) is 51.6 Å². The minimum absolute atomic E-state index is 0.470. The van der Waals surface area contributed by atoms with Crippen molar-refractivity contribution in [3.8, 4) is 0 Å². The first-order valence-corrected chi connectivity index (χ1v) is 10.1. The third-order valence-electron chi connectivity index (χ3n) is 4.72. The molecule has 26 heavy (non-hydrogen) atoms. The van der Waals surface area contributed by atoms with Gasteiger partial charge in [-0.3, -0.25) is 9.89 Å². The van der Waals surface area contributed by atoms with E-state index in [0.29, 0.717) is 11.1 Å². The second-order valence-corrected chi connectivity index (χ2v) is 7.73. The number of benzene rings is 1. The molecule has 0 radical (unpaired) electrons. The summed E-state index contributed by atoms with van der Waals surface area (Å²) in [6, 6.07) is 6.16. The summed E-state index contributed by atoms with van der Waals surface area (Å²) in [6.45, 7) is 7.89. The zero-order chi connectivity index (χ0) is 18.9. The van der Waals surface area contributed by atoms with E-state index in [0.717, 1.165) is 68.7 Å². The van der Waals surface area contributed by atoms with Crippen LogP contribution < -0.4 is 10.6 Å². The predicted molar refractivity (Wildman–Crippen MR) is 113 cm³/mol. The molecule has 7 heteroatoms. The maximum Gasteiger partial charge on any atom is 0.191 e. The molecule has 0 amide bonds. The molecule has 146 valence electrons. The Hall–Kier alpha value is -1.01.